The normalized spacial score (nSPS) is 12.1. The number of hydrogen-bond acceptors (Lipinski definition) is 5. The van der Waals surface area contributed by atoms with Crippen molar-refractivity contribution in [1.82, 2.24) is 0 Å². The maximum absolute atomic E-state index is 12.7. The third-order valence-electron chi connectivity index (χ3n) is 3.40. The molecule has 1 unspecified atom stereocenters. The van der Waals surface area contributed by atoms with Crippen LogP contribution in [0.5, 0.6) is 0 Å². The molecule has 0 bridgehead atoms. The van der Waals surface area contributed by atoms with Crippen LogP contribution in [0.4, 0.5) is 24.5 Å². The van der Waals surface area contributed by atoms with Crippen molar-refractivity contribution in [1.29, 1.82) is 0 Å². The summed E-state index contributed by atoms with van der Waals surface area (Å²) in [4.78, 5) is 34.1. The molecule has 0 aromatic heterocycles. The molecule has 1 N–H and O–H groups in total. The molecule has 0 aliphatic rings. The van der Waals surface area contributed by atoms with Crippen LogP contribution in [0.25, 0.3) is 0 Å². The van der Waals surface area contributed by atoms with Crippen molar-refractivity contribution in [3.05, 3.63) is 69.8 Å². The number of anilines is 1. The fourth-order valence-corrected chi connectivity index (χ4v) is 2.05. The van der Waals surface area contributed by atoms with Gasteiger partial charge in [0.2, 0.25) is 0 Å². The predicted octanol–water partition coefficient (Wildman–Crippen LogP) is 3.80. The Kier molecular flexibility index (Phi) is 5.78. The van der Waals surface area contributed by atoms with Crippen LogP contribution in [-0.2, 0) is 15.7 Å². The Labute approximate surface area is 150 Å². The number of nitrogens with zero attached hydrogens (tertiary/aromatic N) is 1. The highest BCUT2D eigenvalue weighted by Crippen LogP contribution is 2.29. The van der Waals surface area contributed by atoms with Crippen molar-refractivity contribution in [2.75, 3.05) is 5.32 Å². The molecule has 0 radical (unpaired) electrons. The lowest BCUT2D eigenvalue weighted by atomic mass is 10.1. The fourth-order valence-electron chi connectivity index (χ4n) is 2.05. The lowest BCUT2D eigenvalue weighted by Gasteiger charge is -2.14. The SMILES string of the molecule is CC(OC(=O)c1cccc(C(F)(F)F)c1)C(=O)Nc1cccc([N+](=O)[O-])c1. The molecule has 142 valence electrons. The first kappa shape index (κ1) is 19.9. The average molecular weight is 382 g/mol. The van der Waals surface area contributed by atoms with Gasteiger partial charge in [0.05, 0.1) is 16.1 Å². The number of nitro groups is 1. The van der Waals surface area contributed by atoms with Crippen LogP contribution >= 0.6 is 0 Å². The second-order valence-corrected chi connectivity index (χ2v) is 5.42. The summed E-state index contributed by atoms with van der Waals surface area (Å²) in [6.45, 7) is 1.22. The number of alkyl halides is 3. The summed E-state index contributed by atoms with van der Waals surface area (Å²) in [5.74, 6) is -1.90. The minimum atomic E-state index is -4.62. The molecule has 0 heterocycles. The Hall–Kier alpha value is -3.43. The second kappa shape index (κ2) is 7.85. The number of nitro benzene ring substituents is 1. The Balaban J connectivity index is 2.05. The van der Waals surface area contributed by atoms with Gasteiger partial charge in [0.15, 0.2) is 6.10 Å². The second-order valence-electron chi connectivity index (χ2n) is 5.42. The van der Waals surface area contributed by atoms with Crippen LogP contribution in [-0.4, -0.2) is 22.9 Å². The number of halogens is 3. The third kappa shape index (κ3) is 5.27. The maximum atomic E-state index is 12.7. The van der Waals surface area contributed by atoms with E-state index in [9.17, 15) is 32.9 Å². The van der Waals surface area contributed by atoms with Gasteiger partial charge >= 0.3 is 12.1 Å². The topological polar surface area (TPSA) is 98.5 Å². The molecule has 0 fully saturated rings. The van der Waals surface area contributed by atoms with Crippen LogP contribution in [0.3, 0.4) is 0 Å². The van der Waals surface area contributed by atoms with Crippen molar-refractivity contribution in [2.45, 2.75) is 19.2 Å². The van der Waals surface area contributed by atoms with Gasteiger partial charge in [-0.3, -0.25) is 14.9 Å². The standard InChI is InChI=1S/C17H13F3N2O5/c1-10(15(23)21-13-6-3-7-14(9-13)22(25)26)27-16(24)11-4-2-5-12(8-11)17(18,19)20/h2-10H,1H3,(H,21,23). The summed E-state index contributed by atoms with van der Waals surface area (Å²) in [6, 6.07) is 8.68. The number of non-ortho nitro benzene ring substituents is 1. The number of carbonyl (C=O) groups excluding carboxylic acids is 2. The van der Waals surface area contributed by atoms with Crippen LogP contribution in [0.2, 0.25) is 0 Å². The van der Waals surface area contributed by atoms with Crippen LogP contribution in [0.1, 0.15) is 22.8 Å². The van der Waals surface area contributed by atoms with Crippen molar-refractivity contribution in [3.63, 3.8) is 0 Å². The van der Waals surface area contributed by atoms with E-state index in [1.807, 2.05) is 0 Å². The number of carbonyl (C=O) groups is 2. The van der Waals surface area contributed by atoms with Crippen molar-refractivity contribution in [3.8, 4) is 0 Å². The average Bonchev–Trinajstić information content (AvgIpc) is 2.61. The minimum absolute atomic E-state index is 0.108. The van der Waals surface area contributed by atoms with Crippen LogP contribution < -0.4 is 5.32 Å². The first-order chi connectivity index (χ1) is 12.6. The van der Waals surface area contributed by atoms with Gasteiger partial charge in [-0.15, -0.1) is 0 Å². The number of nitrogens with one attached hydrogen (secondary N) is 1. The third-order valence-corrected chi connectivity index (χ3v) is 3.40. The van der Waals surface area contributed by atoms with E-state index in [0.29, 0.717) is 6.07 Å². The smallest absolute Gasteiger partial charge is 0.416 e. The minimum Gasteiger partial charge on any atom is -0.449 e. The van der Waals surface area contributed by atoms with Gasteiger partial charge in [-0.1, -0.05) is 12.1 Å². The monoisotopic (exact) mass is 382 g/mol. The molecule has 0 saturated heterocycles. The maximum Gasteiger partial charge on any atom is 0.416 e. The number of ether oxygens (including phenoxy) is 1. The van der Waals surface area contributed by atoms with Gasteiger partial charge in [0.25, 0.3) is 11.6 Å². The van der Waals surface area contributed by atoms with Crippen molar-refractivity contribution in [2.24, 2.45) is 0 Å². The molecule has 0 aliphatic carbocycles. The molecule has 0 saturated carbocycles. The summed E-state index contributed by atoms with van der Waals surface area (Å²) in [6.07, 6.45) is -5.97. The van der Waals surface area contributed by atoms with E-state index in [0.717, 1.165) is 24.3 Å². The van der Waals surface area contributed by atoms with E-state index in [2.05, 4.69) is 5.32 Å². The molecular formula is C17H13F3N2O5. The first-order valence-electron chi connectivity index (χ1n) is 7.51. The Morgan fingerprint density at radius 3 is 2.44 bits per heavy atom. The van der Waals surface area contributed by atoms with Gasteiger partial charge in [0.1, 0.15) is 0 Å². The zero-order valence-corrected chi connectivity index (χ0v) is 13.8. The summed E-state index contributed by atoms with van der Waals surface area (Å²) in [7, 11) is 0. The summed E-state index contributed by atoms with van der Waals surface area (Å²) >= 11 is 0. The summed E-state index contributed by atoms with van der Waals surface area (Å²) in [5.41, 5.74) is -1.52. The molecule has 0 aliphatic heterocycles. The van der Waals surface area contributed by atoms with Gasteiger partial charge < -0.3 is 10.1 Å². The highest BCUT2D eigenvalue weighted by Gasteiger charge is 2.31. The predicted molar refractivity (Wildman–Crippen MR) is 88.0 cm³/mol. The van der Waals surface area contributed by atoms with E-state index in [1.54, 1.807) is 0 Å². The van der Waals surface area contributed by atoms with Gasteiger partial charge in [-0.2, -0.15) is 13.2 Å². The lowest BCUT2D eigenvalue weighted by Crippen LogP contribution is -2.30. The van der Waals surface area contributed by atoms with Gasteiger partial charge in [-0.05, 0) is 31.2 Å². The number of benzene rings is 2. The lowest BCUT2D eigenvalue weighted by molar-refractivity contribution is -0.384. The number of hydrogen-bond donors (Lipinski definition) is 1. The largest absolute Gasteiger partial charge is 0.449 e. The number of rotatable bonds is 5. The molecule has 1 atom stereocenters. The molecule has 0 spiro atoms. The van der Waals surface area contributed by atoms with Crippen LogP contribution in [0.15, 0.2) is 48.5 Å². The van der Waals surface area contributed by atoms with Gasteiger partial charge in [-0.25, -0.2) is 4.79 Å². The molecule has 27 heavy (non-hydrogen) atoms. The van der Waals surface area contributed by atoms with E-state index in [1.165, 1.54) is 25.1 Å². The molecule has 2 rings (SSSR count). The fraction of sp³-hybridized carbons (Fsp3) is 0.176. The Bertz CT molecular complexity index is 883. The van der Waals surface area contributed by atoms with E-state index < -0.39 is 34.6 Å². The molecule has 1 amide bonds. The molecule has 10 heteroatoms. The summed E-state index contributed by atoms with van der Waals surface area (Å²) in [5, 5.41) is 13.0. The van der Waals surface area contributed by atoms with E-state index in [4.69, 9.17) is 4.74 Å². The first-order valence-corrected chi connectivity index (χ1v) is 7.51. The Morgan fingerprint density at radius 2 is 1.81 bits per heavy atom. The highest BCUT2D eigenvalue weighted by molar-refractivity contribution is 5.97. The molecule has 7 nitrogen and oxygen atoms in total. The number of amides is 1. The molecule has 2 aromatic rings. The quantitative estimate of drug-likeness (QED) is 0.482. The molecule has 2 aromatic carbocycles. The number of esters is 1. The van der Waals surface area contributed by atoms with Crippen molar-refractivity contribution >= 4 is 23.3 Å². The molecular weight excluding hydrogens is 369 g/mol. The zero-order chi connectivity index (χ0) is 20.2. The van der Waals surface area contributed by atoms with E-state index >= 15 is 0 Å². The zero-order valence-electron chi connectivity index (χ0n) is 13.8. The van der Waals surface area contributed by atoms with Crippen molar-refractivity contribution < 1.29 is 32.4 Å². The van der Waals surface area contributed by atoms with E-state index in [-0.39, 0.29) is 16.9 Å². The van der Waals surface area contributed by atoms with Gasteiger partial charge in [0, 0.05) is 17.8 Å². The highest BCUT2D eigenvalue weighted by atomic mass is 19.4. The Morgan fingerprint density at radius 1 is 1.15 bits per heavy atom. The van der Waals surface area contributed by atoms with Crippen LogP contribution in [0, 0.1) is 10.1 Å². The summed E-state index contributed by atoms with van der Waals surface area (Å²) < 4.78 is 42.9.